The molecule has 2 bridgehead atoms. The second kappa shape index (κ2) is 8.84. The van der Waals surface area contributed by atoms with Crippen molar-refractivity contribution < 1.29 is 13.9 Å². The number of benzene rings is 2. The lowest BCUT2D eigenvalue weighted by atomic mass is 9.89. The average Bonchev–Trinajstić information content (AvgIpc) is 3.15. The number of halogens is 1. The first-order chi connectivity index (χ1) is 15.6. The van der Waals surface area contributed by atoms with Crippen LogP contribution < -0.4 is 5.32 Å². The van der Waals surface area contributed by atoms with Gasteiger partial charge < -0.3 is 10.1 Å². The van der Waals surface area contributed by atoms with Crippen molar-refractivity contribution in [2.45, 2.75) is 44.4 Å². The number of carbonyl (C=O) groups excluding carboxylic acids is 1. The van der Waals surface area contributed by atoms with E-state index < -0.39 is 0 Å². The molecule has 1 amide bonds. The van der Waals surface area contributed by atoms with Crippen molar-refractivity contribution in [2.75, 3.05) is 13.2 Å². The fourth-order valence-corrected chi connectivity index (χ4v) is 4.93. The molecule has 2 atom stereocenters. The third-order valence-corrected chi connectivity index (χ3v) is 6.40. The summed E-state index contributed by atoms with van der Waals surface area (Å²) in [4.78, 5) is 15.6. The second-order valence-electron chi connectivity index (χ2n) is 8.58. The number of aromatic nitrogens is 2. The minimum atomic E-state index is -0.219. The molecule has 3 heterocycles. The van der Waals surface area contributed by atoms with Gasteiger partial charge in [0.15, 0.2) is 5.69 Å². The molecule has 7 heteroatoms. The quantitative estimate of drug-likeness (QED) is 0.663. The molecule has 0 aliphatic carbocycles. The molecule has 32 heavy (non-hydrogen) atoms. The number of piperidine rings is 1. The minimum Gasteiger partial charge on any atom is -0.378 e. The molecule has 5 rings (SSSR count). The molecule has 2 aliphatic rings. The Hall–Kier alpha value is -3.03. The van der Waals surface area contributed by atoms with Crippen LogP contribution in [0.4, 0.5) is 4.39 Å². The number of nitrogens with zero attached hydrogens (tertiary/aromatic N) is 3. The van der Waals surface area contributed by atoms with Crippen LogP contribution in [-0.4, -0.2) is 51.9 Å². The average molecular weight is 435 g/mol. The molecule has 2 fully saturated rings. The molecule has 3 aromatic rings. The van der Waals surface area contributed by atoms with Crippen LogP contribution in [0, 0.1) is 5.82 Å². The third kappa shape index (κ3) is 4.06. The summed E-state index contributed by atoms with van der Waals surface area (Å²) < 4.78 is 20.8. The number of carbonyl (C=O) groups is 1. The minimum absolute atomic E-state index is 0.0662. The third-order valence-electron chi connectivity index (χ3n) is 6.40. The predicted molar refractivity (Wildman–Crippen MR) is 122 cm³/mol. The van der Waals surface area contributed by atoms with Crippen molar-refractivity contribution in [2.24, 2.45) is 0 Å². The largest absolute Gasteiger partial charge is 0.378 e. The van der Waals surface area contributed by atoms with E-state index in [1.165, 1.54) is 12.1 Å². The summed E-state index contributed by atoms with van der Waals surface area (Å²) in [6, 6.07) is 15.0. The maximum absolute atomic E-state index is 13.3. The number of nitrogens with one attached hydrogen (secondary N) is 1. The standard InChI is InChI=1S/C25H27FN4O2/c1-2-11-30-23-6-4-3-5-22(23)24(28-30)25(31)27-19-12-20-15-32-16-21(13-19)29(20)14-17-7-9-18(26)10-8-17/h2-11,19-21H,12-16H2,1H3,(H,27,31)/b11-2+. The van der Waals surface area contributed by atoms with Crippen LogP contribution in [0.5, 0.6) is 0 Å². The van der Waals surface area contributed by atoms with Crippen LogP contribution in [0.2, 0.25) is 0 Å². The molecule has 0 radical (unpaired) electrons. The van der Waals surface area contributed by atoms with Crippen molar-refractivity contribution in [1.82, 2.24) is 20.0 Å². The van der Waals surface area contributed by atoms with Crippen molar-refractivity contribution in [3.05, 3.63) is 71.7 Å². The van der Waals surface area contributed by atoms with Crippen LogP contribution in [0.15, 0.2) is 54.6 Å². The highest BCUT2D eigenvalue weighted by Gasteiger charge is 2.39. The zero-order chi connectivity index (χ0) is 22.1. The summed E-state index contributed by atoms with van der Waals surface area (Å²) in [6.07, 6.45) is 5.39. The van der Waals surface area contributed by atoms with Crippen molar-refractivity contribution in [3.63, 3.8) is 0 Å². The van der Waals surface area contributed by atoms with Gasteiger partial charge >= 0.3 is 0 Å². The Morgan fingerprint density at radius 3 is 2.59 bits per heavy atom. The van der Waals surface area contributed by atoms with E-state index in [-0.39, 0.29) is 29.8 Å². The Kier molecular flexibility index (Phi) is 5.76. The maximum atomic E-state index is 13.3. The van der Waals surface area contributed by atoms with Crippen molar-refractivity contribution in [1.29, 1.82) is 0 Å². The molecule has 2 aliphatic heterocycles. The molecule has 166 valence electrons. The Bertz CT molecular complexity index is 1130. The Balaban J connectivity index is 1.31. The number of rotatable bonds is 5. The molecule has 0 spiro atoms. The summed E-state index contributed by atoms with van der Waals surface area (Å²) in [6.45, 7) is 3.97. The number of amides is 1. The van der Waals surface area contributed by atoms with Gasteiger partial charge in [0.2, 0.25) is 0 Å². The number of hydrogen-bond acceptors (Lipinski definition) is 4. The normalized spacial score (nSPS) is 23.6. The van der Waals surface area contributed by atoms with Gasteiger partial charge in [-0.15, -0.1) is 0 Å². The van der Waals surface area contributed by atoms with Crippen LogP contribution in [0.3, 0.4) is 0 Å². The van der Waals surface area contributed by atoms with E-state index >= 15 is 0 Å². The lowest BCUT2D eigenvalue weighted by Crippen LogP contribution is -2.60. The lowest BCUT2D eigenvalue weighted by molar-refractivity contribution is -0.0843. The first-order valence-corrected chi connectivity index (χ1v) is 11.1. The molecule has 0 saturated carbocycles. The molecular formula is C25H27FN4O2. The smallest absolute Gasteiger partial charge is 0.272 e. The zero-order valence-electron chi connectivity index (χ0n) is 18.1. The number of fused-ring (bicyclic) bond motifs is 3. The van der Waals surface area contributed by atoms with Crippen LogP contribution in [0.1, 0.15) is 35.8 Å². The van der Waals surface area contributed by atoms with E-state index in [4.69, 9.17) is 4.74 Å². The number of allylic oxidation sites excluding steroid dienone is 1. The van der Waals surface area contributed by atoms with Gasteiger partial charge in [-0.25, -0.2) is 9.07 Å². The highest BCUT2D eigenvalue weighted by Crippen LogP contribution is 2.30. The van der Waals surface area contributed by atoms with E-state index in [9.17, 15) is 9.18 Å². The number of morpholine rings is 1. The SMILES string of the molecule is C/C=C/n1nc(C(=O)NC2CC3COCC(C2)N3Cc2ccc(F)cc2)c2ccccc21. The van der Waals surface area contributed by atoms with Gasteiger partial charge in [-0.3, -0.25) is 9.69 Å². The molecule has 1 aromatic heterocycles. The van der Waals surface area contributed by atoms with Crippen molar-refractivity contribution >= 4 is 23.0 Å². The summed E-state index contributed by atoms with van der Waals surface area (Å²) in [5.41, 5.74) is 2.45. The first-order valence-electron chi connectivity index (χ1n) is 11.1. The molecule has 2 unspecified atom stereocenters. The van der Waals surface area contributed by atoms with Gasteiger partial charge in [-0.05, 0) is 43.5 Å². The van der Waals surface area contributed by atoms with E-state index in [1.807, 2.05) is 55.6 Å². The van der Waals surface area contributed by atoms with E-state index in [1.54, 1.807) is 4.68 Å². The zero-order valence-corrected chi connectivity index (χ0v) is 18.1. The predicted octanol–water partition coefficient (Wildman–Crippen LogP) is 3.83. The molecule has 1 N–H and O–H groups in total. The van der Waals surface area contributed by atoms with E-state index in [0.717, 1.165) is 35.9 Å². The number of ether oxygens (including phenoxy) is 1. The van der Waals surface area contributed by atoms with E-state index in [2.05, 4.69) is 15.3 Å². The highest BCUT2D eigenvalue weighted by atomic mass is 19.1. The van der Waals surface area contributed by atoms with Crippen LogP contribution in [0.25, 0.3) is 17.1 Å². The molecular weight excluding hydrogens is 407 g/mol. The van der Waals surface area contributed by atoms with Gasteiger partial charge in [-0.1, -0.05) is 36.4 Å². The van der Waals surface area contributed by atoms with Gasteiger partial charge in [-0.2, -0.15) is 5.10 Å². The van der Waals surface area contributed by atoms with Gasteiger partial charge in [0.25, 0.3) is 5.91 Å². The summed E-state index contributed by atoms with van der Waals surface area (Å²) >= 11 is 0. The number of hydrogen-bond donors (Lipinski definition) is 1. The Morgan fingerprint density at radius 2 is 1.88 bits per heavy atom. The lowest BCUT2D eigenvalue weighted by Gasteiger charge is -2.48. The topological polar surface area (TPSA) is 59.4 Å². The maximum Gasteiger partial charge on any atom is 0.272 e. The van der Waals surface area contributed by atoms with Crippen LogP contribution in [-0.2, 0) is 11.3 Å². The number of para-hydroxylation sites is 1. The fourth-order valence-electron chi connectivity index (χ4n) is 4.93. The summed E-state index contributed by atoms with van der Waals surface area (Å²) in [5.74, 6) is -0.358. The second-order valence-corrected chi connectivity index (χ2v) is 8.58. The van der Waals surface area contributed by atoms with Gasteiger partial charge in [0.1, 0.15) is 5.82 Å². The fraction of sp³-hybridized carbons (Fsp3) is 0.360. The highest BCUT2D eigenvalue weighted by molar-refractivity contribution is 6.05. The Morgan fingerprint density at radius 1 is 1.16 bits per heavy atom. The molecule has 6 nitrogen and oxygen atoms in total. The van der Waals surface area contributed by atoms with Crippen LogP contribution >= 0.6 is 0 Å². The van der Waals surface area contributed by atoms with Crippen molar-refractivity contribution in [3.8, 4) is 0 Å². The summed E-state index contributed by atoms with van der Waals surface area (Å²) in [7, 11) is 0. The first kappa shape index (κ1) is 20.8. The molecule has 2 saturated heterocycles. The summed E-state index contributed by atoms with van der Waals surface area (Å²) in [5, 5.41) is 8.63. The van der Waals surface area contributed by atoms with Gasteiger partial charge in [0.05, 0.1) is 18.7 Å². The Labute approximate surface area is 186 Å². The van der Waals surface area contributed by atoms with Gasteiger partial charge in [0, 0.05) is 36.3 Å². The van der Waals surface area contributed by atoms with E-state index in [0.29, 0.717) is 18.9 Å². The monoisotopic (exact) mass is 434 g/mol. The molecule has 2 aromatic carbocycles.